The molecule has 1 heterocycles. The van der Waals surface area contributed by atoms with Crippen molar-refractivity contribution in [3.8, 4) is 34.2 Å². The smallest absolute Gasteiger partial charge is 0.115 e. The average Bonchev–Trinajstić information content (AvgIpc) is 2.55. The first-order chi connectivity index (χ1) is 11.1. The topological polar surface area (TPSA) is 56.9 Å². The van der Waals surface area contributed by atoms with Crippen LogP contribution < -0.4 is 0 Å². The van der Waals surface area contributed by atoms with Gasteiger partial charge in [0, 0.05) is 16.1 Å². The molecule has 0 aliphatic rings. The van der Waals surface area contributed by atoms with E-state index in [9.17, 15) is 10.4 Å². The fraction of sp³-hybridized carbons (Fsp3) is 0.0526. The summed E-state index contributed by atoms with van der Waals surface area (Å²) < 4.78 is 0. The third-order valence-electron chi connectivity index (χ3n) is 3.61. The van der Waals surface area contributed by atoms with E-state index in [4.69, 9.17) is 11.6 Å². The monoisotopic (exact) mass is 320 g/mol. The molecule has 3 aromatic rings. The van der Waals surface area contributed by atoms with Gasteiger partial charge in [-0.25, -0.2) is 0 Å². The molecule has 0 amide bonds. The lowest BCUT2D eigenvalue weighted by Crippen LogP contribution is -1.96. The Morgan fingerprint density at radius 3 is 2.43 bits per heavy atom. The highest BCUT2D eigenvalue weighted by Crippen LogP contribution is 2.31. The standard InChI is InChI=1S/C19H13ClN2O/c1-12-18(11-21)17(14-3-2-4-15(20)9-14)10-19(22-12)13-5-7-16(23)8-6-13/h2-10,23H,1H3. The zero-order chi connectivity index (χ0) is 16.4. The van der Waals surface area contributed by atoms with Crippen molar-refractivity contribution in [3.63, 3.8) is 0 Å². The molecule has 0 saturated carbocycles. The van der Waals surface area contributed by atoms with Crippen molar-refractivity contribution in [1.82, 2.24) is 4.98 Å². The fourth-order valence-corrected chi connectivity index (χ4v) is 2.67. The van der Waals surface area contributed by atoms with Gasteiger partial charge in [-0.15, -0.1) is 0 Å². The number of nitrogens with zero attached hydrogens (tertiary/aromatic N) is 2. The minimum atomic E-state index is 0.203. The summed E-state index contributed by atoms with van der Waals surface area (Å²) in [6.45, 7) is 1.82. The van der Waals surface area contributed by atoms with Gasteiger partial charge in [-0.3, -0.25) is 4.98 Å². The molecular weight excluding hydrogens is 308 g/mol. The van der Waals surface area contributed by atoms with Gasteiger partial charge in [0.05, 0.1) is 17.0 Å². The number of nitriles is 1. The molecule has 1 aromatic heterocycles. The van der Waals surface area contributed by atoms with Gasteiger partial charge in [-0.1, -0.05) is 23.7 Å². The first-order valence-corrected chi connectivity index (χ1v) is 7.43. The number of hydrogen-bond acceptors (Lipinski definition) is 3. The molecule has 4 heteroatoms. The maximum absolute atomic E-state index is 9.47. The second-order valence-corrected chi connectivity index (χ2v) is 5.62. The molecule has 112 valence electrons. The van der Waals surface area contributed by atoms with Crippen molar-refractivity contribution in [3.05, 3.63) is 70.9 Å². The summed E-state index contributed by atoms with van der Waals surface area (Å²) in [5, 5.41) is 19.5. The summed E-state index contributed by atoms with van der Waals surface area (Å²) in [4.78, 5) is 4.52. The second-order valence-electron chi connectivity index (χ2n) is 5.18. The number of rotatable bonds is 2. The molecular formula is C19H13ClN2O. The minimum absolute atomic E-state index is 0.203. The summed E-state index contributed by atoms with van der Waals surface area (Å²) in [6, 6.07) is 18.3. The Hall–Kier alpha value is -2.83. The molecule has 0 aliphatic heterocycles. The van der Waals surface area contributed by atoms with E-state index in [-0.39, 0.29) is 5.75 Å². The number of aryl methyl sites for hydroxylation is 1. The van der Waals surface area contributed by atoms with Crippen LogP contribution in [0.1, 0.15) is 11.3 Å². The van der Waals surface area contributed by atoms with Gasteiger partial charge in [-0.2, -0.15) is 5.26 Å². The lowest BCUT2D eigenvalue weighted by atomic mass is 9.97. The summed E-state index contributed by atoms with van der Waals surface area (Å²) in [7, 11) is 0. The van der Waals surface area contributed by atoms with Crippen LogP contribution in [0.2, 0.25) is 5.02 Å². The third-order valence-corrected chi connectivity index (χ3v) is 3.85. The van der Waals surface area contributed by atoms with Gasteiger partial charge in [0.15, 0.2) is 0 Å². The van der Waals surface area contributed by atoms with Crippen LogP contribution in [-0.4, -0.2) is 10.1 Å². The van der Waals surface area contributed by atoms with Crippen LogP contribution >= 0.6 is 11.6 Å². The molecule has 0 bridgehead atoms. The molecule has 0 spiro atoms. The zero-order valence-electron chi connectivity index (χ0n) is 12.4. The first-order valence-electron chi connectivity index (χ1n) is 7.05. The molecule has 3 nitrogen and oxygen atoms in total. The molecule has 2 aromatic carbocycles. The normalized spacial score (nSPS) is 10.3. The molecule has 0 atom stereocenters. The van der Waals surface area contributed by atoms with Crippen molar-refractivity contribution in [2.75, 3.05) is 0 Å². The number of hydrogen-bond donors (Lipinski definition) is 1. The van der Waals surface area contributed by atoms with Gasteiger partial charge in [0.25, 0.3) is 0 Å². The van der Waals surface area contributed by atoms with Gasteiger partial charge < -0.3 is 5.11 Å². The van der Waals surface area contributed by atoms with Crippen LogP contribution in [0, 0.1) is 18.3 Å². The van der Waals surface area contributed by atoms with E-state index in [1.807, 2.05) is 31.2 Å². The van der Waals surface area contributed by atoms with Crippen molar-refractivity contribution in [2.24, 2.45) is 0 Å². The van der Waals surface area contributed by atoms with E-state index in [0.717, 1.165) is 22.4 Å². The Kier molecular flexibility index (Phi) is 4.01. The largest absolute Gasteiger partial charge is 0.508 e. The number of aromatic nitrogens is 1. The Balaban J connectivity index is 2.22. The molecule has 0 fully saturated rings. The predicted molar refractivity (Wildman–Crippen MR) is 91.2 cm³/mol. The van der Waals surface area contributed by atoms with Crippen LogP contribution in [-0.2, 0) is 0 Å². The maximum atomic E-state index is 9.47. The Morgan fingerprint density at radius 2 is 1.78 bits per heavy atom. The van der Waals surface area contributed by atoms with Crippen molar-refractivity contribution in [2.45, 2.75) is 6.92 Å². The predicted octanol–water partition coefficient (Wildman–Crippen LogP) is 4.95. The summed E-state index contributed by atoms with van der Waals surface area (Å²) in [5.41, 5.74) is 4.49. The second kappa shape index (κ2) is 6.12. The van der Waals surface area contributed by atoms with Gasteiger partial charge in [0.1, 0.15) is 11.8 Å². The van der Waals surface area contributed by atoms with Crippen LogP contribution in [0.4, 0.5) is 0 Å². The molecule has 0 radical (unpaired) electrons. The molecule has 0 aliphatic carbocycles. The number of aromatic hydroxyl groups is 1. The van der Waals surface area contributed by atoms with E-state index in [2.05, 4.69) is 11.1 Å². The molecule has 0 unspecified atom stereocenters. The quantitative estimate of drug-likeness (QED) is 0.726. The van der Waals surface area contributed by atoms with Crippen LogP contribution in [0.5, 0.6) is 5.75 Å². The third kappa shape index (κ3) is 3.03. The zero-order valence-corrected chi connectivity index (χ0v) is 13.2. The Labute approximate surface area is 139 Å². The van der Waals surface area contributed by atoms with E-state index >= 15 is 0 Å². The number of halogens is 1. The number of phenols is 1. The lowest BCUT2D eigenvalue weighted by molar-refractivity contribution is 0.475. The first kappa shape index (κ1) is 15.1. The van der Waals surface area contributed by atoms with E-state index in [1.165, 1.54) is 0 Å². The number of pyridine rings is 1. The maximum Gasteiger partial charge on any atom is 0.115 e. The summed E-state index contributed by atoms with van der Waals surface area (Å²) in [5.74, 6) is 0.203. The molecule has 23 heavy (non-hydrogen) atoms. The average molecular weight is 321 g/mol. The SMILES string of the molecule is Cc1nc(-c2ccc(O)cc2)cc(-c2cccc(Cl)c2)c1C#N. The highest BCUT2D eigenvalue weighted by Gasteiger charge is 2.13. The number of phenolic OH excluding ortho intramolecular Hbond substituents is 1. The highest BCUT2D eigenvalue weighted by atomic mass is 35.5. The molecule has 1 N–H and O–H groups in total. The number of benzene rings is 2. The molecule has 0 saturated heterocycles. The summed E-state index contributed by atoms with van der Waals surface area (Å²) in [6.07, 6.45) is 0. The van der Waals surface area contributed by atoms with Crippen LogP contribution in [0.15, 0.2) is 54.6 Å². The van der Waals surface area contributed by atoms with E-state index in [0.29, 0.717) is 16.3 Å². The Morgan fingerprint density at radius 1 is 1.04 bits per heavy atom. The van der Waals surface area contributed by atoms with Crippen molar-refractivity contribution < 1.29 is 5.11 Å². The minimum Gasteiger partial charge on any atom is -0.508 e. The van der Waals surface area contributed by atoms with Crippen LogP contribution in [0.25, 0.3) is 22.4 Å². The van der Waals surface area contributed by atoms with Crippen LogP contribution in [0.3, 0.4) is 0 Å². The fourth-order valence-electron chi connectivity index (χ4n) is 2.48. The van der Waals surface area contributed by atoms with Gasteiger partial charge in [-0.05, 0) is 55.0 Å². The Bertz CT molecular complexity index is 912. The summed E-state index contributed by atoms with van der Waals surface area (Å²) >= 11 is 6.08. The lowest BCUT2D eigenvalue weighted by Gasteiger charge is -2.11. The van der Waals surface area contributed by atoms with Gasteiger partial charge in [0.2, 0.25) is 0 Å². The van der Waals surface area contributed by atoms with Crippen molar-refractivity contribution >= 4 is 11.6 Å². The van der Waals surface area contributed by atoms with E-state index in [1.54, 1.807) is 30.3 Å². The van der Waals surface area contributed by atoms with Gasteiger partial charge >= 0.3 is 0 Å². The van der Waals surface area contributed by atoms with Crippen molar-refractivity contribution in [1.29, 1.82) is 5.26 Å². The highest BCUT2D eigenvalue weighted by molar-refractivity contribution is 6.30. The van der Waals surface area contributed by atoms with E-state index < -0.39 is 0 Å². The molecule has 3 rings (SSSR count).